The monoisotopic (exact) mass is 849 g/mol. The van der Waals surface area contributed by atoms with Crippen molar-refractivity contribution in [2.45, 2.75) is 139 Å². The van der Waals surface area contributed by atoms with Gasteiger partial charge in [-0.3, -0.25) is 14.4 Å². The van der Waals surface area contributed by atoms with Gasteiger partial charge in [0.1, 0.15) is 29.7 Å². The van der Waals surface area contributed by atoms with E-state index in [-0.39, 0.29) is 37.3 Å². The quantitative estimate of drug-likeness (QED) is 0.121. The Hall–Kier alpha value is -2.86. The van der Waals surface area contributed by atoms with Crippen LogP contribution in [0.5, 0.6) is 5.75 Å². The summed E-state index contributed by atoms with van der Waals surface area (Å²) in [6, 6.07) is 4.71. The van der Waals surface area contributed by atoms with Crippen molar-refractivity contribution in [3.05, 3.63) is 18.2 Å². The van der Waals surface area contributed by atoms with Gasteiger partial charge < -0.3 is 43.3 Å². The average Bonchev–Trinajstić information content (AvgIpc) is 3.72. The molecule has 0 unspecified atom stereocenters. The first kappa shape index (κ1) is 46.2. The van der Waals surface area contributed by atoms with Crippen LogP contribution < -0.4 is 4.74 Å². The van der Waals surface area contributed by atoms with Crippen LogP contribution in [-0.2, 0) is 38.1 Å². The molecule has 0 radical (unpaired) electrons. The summed E-state index contributed by atoms with van der Waals surface area (Å²) in [7, 11) is 6.86. The molecule has 0 spiro atoms. The van der Waals surface area contributed by atoms with Gasteiger partial charge in [0.2, 0.25) is 0 Å². The number of rotatable bonds is 11. The maximum atomic E-state index is 14.7. The molecule has 16 heteroatoms. The average molecular weight is 850 g/mol. The zero-order chi connectivity index (χ0) is 42.9. The minimum absolute atomic E-state index is 0.128. The highest BCUT2D eigenvalue weighted by Gasteiger charge is 2.60. The fourth-order valence-electron chi connectivity index (χ4n) is 9.18. The van der Waals surface area contributed by atoms with E-state index >= 15 is 0 Å². The van der Waals surface area contributed by atoms with Gasteiger partial charge in [-0.1, -0.05) is 39.5 Å². The third-order valence-electron chi connectivity index (χ3n) is 12.5. The molecule has 4 heterocycles. The molecule has 1 aromatic heterocycles. The number of likely N-dealkylation sites (N-methyl/N-ethyl adjacent to an activating group) is 1. The molecule has 1 N–H and O–H groups in total. The van der Waals surface area contributed by atoms with Crippen molar-refractivity contribution in [1.82, 2.24) is 14.8 Å². The first-order valence-corrected chi connectivity index (χ1v) is 22.2. The van der Waals surface area contributed by atoms with Gasteiger partial charge in [0.25, 0.3) is 0 Å². The number of thiazole rings is 1. The van der Waals surface area contributed by atoms with Crippen LogP contribution in [0.15, 0.2) is 22.5 Å². The number of hydrogen-bond acceptors (Lipinski definition) is 15. The number of ketones is 2. The Bertz CT molecular complexity index is 1790. The largest absolute Gasteiger partial charge is 0.497 e. The summed E-state index contributed by atoms with van der Waals surface area (Å²) in [4.78, 5) is 65.1. The summed E-state index contributed by atoms with van der Waals surface area (Å²) in [6.07, 6.45) is -3.49. The predicted octanol–water partition coefficient (Wildman–Crippen LogP) is 5.99. The number of fused-ring (bicyclic) bond motifs is 2. The molecule has 58 heavy (non-hydrogen) atoms. The number of aromatic nitrogens is 1. The highest BCUT2D eigenvalue weighted by atomic mass is 32.2. The molecule has 5 rings (SSSR count). The zero-order valence-corrected chi connectivity index (χ0v) is 37.6. The van der Waals surface area contributed by atoms with Crippen LogP contribution in [-0.4, -0.2) is 138 Å². The molecular formula is C42H63N3O11S2. The van der Waals surface area contributed by atoms with E-state index in [1.165, 1.54) is 14.0 Å². The Kier molecular flexibility index (Phi) is 15.0. The van der Waals surface area contributed by atoms with Crippen LogP contribution in [0.4, 0.5) is 4.79 Å². The van der Waals surface area contributed by atoms with Gasteiger partial charge in [-0.25, -0.2) is 9.78 Å². The molecule has 3 saturated heterocycles. The molecule has 1 aromatic carbocycles. The van der Waals surface area contributed by atoms with Gasteiger partial charge in [0.15, 0.2) is 22.0 Å². The van der Waals surface area contributed by atoms with E-state index < -0.39 is 83.4 Å². The van der Waals surface area contributed by atoms with Gasteiger partial charge in [-0.15, -0.1) is 11.3 Å². The van der Waals surface area contributed by atoms with Crippen molar-refractivity contribution in [3.8, 4) is 5.75 Å². The standard InChI is InChI=1S/C42H63N3O11S2/c1-13-31-42(8)35(45(40(50)56-42)17-14-18-57-39-43-28-20-27(51-11)15-16-30(28)58-39)24(4)32(46)22(2)21-41(7,52-12)36(25(5)33(47)26(6)37(49)54-31)55-38-34(48)29(44(9)10)19-23(3)53-38/h15-16,20,22-26,29,31,34-36,38,48H,13-14,17-19,21H2,1-12H3/t22-,23-,24+,25+,26-,29+,31-,34-,35-,36-,38+,41-,42-/m1/s1. The van der Waals surface area contributed by atoms with Crippen LogP contribution >= 0.6 is 23.1 Å². The molecule has 3 aliphatic rings. The van der Waals surface area contributed by atoms with Gasteiger partial charge in [0.05, 0.1) is 41.2 Å². The van der Waals surface area contributed by atoms with Crippen molar-refractivity contribution in [2.75, 3.05) is 40.6 Å². The first-order valence-electron chi connectivity index (χ1n) is 20.4. The maximum Gasteiger partial charge on any atom is 0.410 e. The molecule has 14 nitrogen and oxygen atoms in total. The molecule has 324 valence electrons. The summed E-state index contributed by atoms with van der Waals surface area (Å²) in [5, 5.41) is 11.4. The lowest BCUT2D eigenvalue weighted by Crippen LogP contribution is -2.60. The normalized spacial score (nSPS) is 36.8. The Morgan fingerprint density at radius 1 is 1.05 bits per heavy atom. The fraction of sp³-hybridized carbons (Fsp3) is 0.738. The van der Waals surface area contributed by atoms with E-state index in [0.29, 0.717) is 18.6 Å². The number of benzene rings is 1. The second-order valence-electron chi connectivity index (χ2n) is 16.9. The number of nitrogens with zero attached hydrogens (tertiary/aromatic N) is 3. The van der Waals surface area contributed by atoms with Gasteiger partial charge >= 0.3 is 12.1 Å². The number of thioether (sulfide) groups is 1. The highest BCUT2D eigenvalue weighted by Crippen LogP contribution is 2.43. The molecule has 0 bridgehead atoms. The minimum Gasteiger partial charge on any atom is -0.497 e. The summed E-state index contributed by atoms with van der Waals surface area (Å²) in [5.74, 6) is -3.58. The van der Waals surface area contributed by atoms with Crippen LogP contribution in [0.1, 0.15) is 81.1 Å². The second-order valence-corrected chi connectivity index (χ2v) is 19.3. The number of cyclic esters (lactones) is 1. The Morgan fingerprint density at radius 3 is 2.40 bits per heavy atom. The molecule has 1 amide bonds. The zero-order valence-electron chi connectivity index (χ0n) is 36.0. The predicted molar refractivity (Wildman–Crippen MR) is 221 cm³/mol. The van der Waals surface area contributed by atoms with E-state index in [9.17, 15) is 24.3 Å². The fourth-order valence-corrected chi connectivity index (χ4v) is 11.2. The number of aliphatic hydroxyl groups excluding tert-OH is 1. The number of carbonyl (C=O) groups excluding carboxylic acids is 4. The Morgan fingerprint density at radius 2 is 1.76 bits per heavy atom. The van der Waals surface area contributed by atoms with Crippen molar-refractivity contribution in [3.63, 3.8) is 0 Å². The van der Waals surface area contributed by atoms with Crippen molar-refractivity contribution >= 4 is 56.9 Å². The minimum atomic E-state index is -1.40. The lowest BCUT2D eigenvalue weighted by molar-refractivity contribution is -0.295. The number of amides is 1. The van der Waals surface area contributed by atoms with E-state index in [1.807, 2.05) is 58.0 Å². The van der Waals surface area contributed by atoms with Gasteiger partial charge in [-0.2, -0.15) is 0 Å². The van der Waals surface area contributed by atoms with Crippen molar-refractivity contribution in [1.29, 1.82) is 0 Å². The lowest BCUT2D eigenvalue weighted by Gasteiger charge is -2.47. The summed E-state index contributed by atoms with van der Waals surface area (Å²) < 4.78 is 38.5. The topological polar surface area (TPSA) is 163 Å². The van der Waals surface area contributed by atoms with E-state index in [4.69, 9.17) is 33.4 Å². The van der Waals surface area contributed by atoms with Crippen LogP contribution in [0, 0.1) is 23.7 Å². The molecule has 3 fully saturated rings. The second kappa shape index (κ2) is 18.8. The van der Waals surface area contributed by atoms with Crippen LogP contribution in [0.2, 0.25) is 0 Å². The molecular weight excluding hydrogens is 787 g/mol. The molecule has 2 aromatic rings. The number of hydrogen-bond donors (Lipinski definition) is 1. The lowest BCUT2D eigenvalue weighted by atomic mass is 9.73. The number of aliphatic hydroxyl groups is 1. The SMILES string of the molecule is CC[C@H]1OC(=O)[C@H](C)C(=O)[C@H](C)[C@@H](O[C@@H]2O[C@H](C)C[C@H](N(C)C)[C@H]2O)[C@](C)(OC)C[C@@H](C)C(=O)[C@H](C)[C@H]2N(CCCSc3nc4cc(OC)ccc4s3)C(=O)O[C@]12C. The van der Waals surface area contributed by atoms with E-state index in [2.05, 4.69) is 0 Å². The van der Waals surface area contributed by atoms with Crippen LogP contribution in [0.25, 0.3) is 10.2 Å². The summed E-state index contributed by atoms with van der Waals surface area (Å²) in [5.41, 5.74) is -1.82. The maximum absolute atomic E-state index is 14.7. The number of methoxy groups -OCH3 is 2. The Balaban J connectivity index is 1.45. The molecule has 3 aliphatic heterocycles. The van der Waals surface area contributed by atoms with Gasteiger partial charge in [-0.05, 0) is 79.6 Å². The van der Waals surface area contributed by atoms with Crippen LogP contribution in [0.3, 0.4) is 0 Å². The first-order chi connectivity index (χ1) is 27.3. The number of Topliss-reactive ketones (excluding diaryl/α,β-unsaturated/α-hetero) is 2. The van der Waals surface area contributed by atoms with Gasteiger partial charge in [0, 0.05) is 49.3 Å². The molecule has 13 atom stereocenters. The third-order valence-corrected chi connectivity index (χ3v) is 14.8. The third kappa shape index (κ3) is 9.37. The molecule has 0 aliphatic carbocycles. The van der Waals surface area contributed by atoms with Crippen molar-refractivity contribution in [2.24, 2.45) is 23.7 Å². The summed E-state index contributed by atoms with van der Waals surface area (Å²) >= 11 is 3.17. The smallest absolute Gasteiger partial charge is 0.410 e. The Labute approximate surface area is 350 Å². The molecule has 0 saturated carbocycles. The van der Waals surface area contributed by atoms with E-state index in [1.54, 1.807) is 62.8 Å². The number of esters is 1. The highest BCUT2D eigenvalue weighted by molar-refractivity contribution is 8.01. The van der Waals surface area contributed by atoms with E-state index in [0.717, 1.165) is 20.3 Å². The van der Waals surface area contributed by atoms with Crippen molar-refractivity contribution < 1.29 is 52.7 Å². The number of carbonyl (C=O) groups is 4. The summed E-state index contributed by atoms with van der Waals surface area (Å²) in [6.45, 7) is 14.3. The number of ether oxygens (including phenoxy) is 6.